The molecule has 0 radical (unpaired) electrons. The second-order valence-electron chi connectivity index (χ2n) is 9.51. The highest BCUT2D eigenvalue weighted by Crippen LogP contribution is 2.59. The normalized spacial score (nSPS) is 25.7. The Morgan fingerprint density at radius 2 is 2.10 bits per heavy atom. The molecule has 2 saturated heterocycles. The molecular formula is C23H34N6O. The lowest BCUT2D eigenvalue weighted by atomic mass is 9.90. The van der Waals surface area contributed by atoms with Gasteiger partial charge in [0.15, 0.2) is 0 Å². The van der Waals surface area contributed by atoms with Gasteiger partial charge in [0.25, 0.3) is 0 Å². The van der Waals surface area contributed by atoms with Crippen LogP contribution in [0.15, 0.2) is 18.3 Å². The van der Waals surface area contributed by atoms with Gasteiger partial charge in [0.2, 0.25) is 0 Å². The molecule has 3 aliphatic rings. The second-order valence-corrected chi connectivity index (χ2v) is 9.51. The van der Waals surface area contributed by atoms with Crippen LogP contribution in [0.3, 0.4) is 0 Å². The van der Waals surface area contributed by atoms with E-state index in [-0.39, 0.29) is 0 Å². The van der Waals surface area contributed by atoms with Crippen LogP contribution in [-0.2, 0) is 11.8 Å². The lowest BCUT2D eigenvalue weighted by Crippen LogP contribution is -2.37. The molecule has 3 fully saturated rings. The monoisotopic (exact) mass is 410 g/mol. The molecule has 2 atom stereocenters. The van der Waals surface area contributed by atoms with Crippen molar-refractivity contribution in [2.45, 2.75) is 51.6 Å². The zero-order valence-electron chi connectivity index (χ0n) is 18.3. The van der Waals surface area contributed by atoms with Crippen molar-refractivity contribution in [2.24, 2.45) is 18.4 Å². The van der Waals surface area contributed by atoms with E-state index in [1.165, 1.54) is 58.2 Å². The number of likely N-dealkylation sites (tertiary alicyclic amines) is 1. The summed E-state index contributed by atoms with van der Waals surface area (Å²) in [6.45, 7) is 7.75. The Hall–Kier alpha value is -1.99. The van der Waals surface area contributed by atoms with Crippen molar-refractivity contribution in [2.75, 3.05) is 38.1 Å². The summed E-state index contributed by atoms with van der Waals surface area (Å²) in [5.41, 5.74) is 3.60. The molecule has 30 heavy (non-hydrogen) atoms. The highest BCUT2D eigenvalue weighted by atomic mass is 16.5. The summed E-state index contributed by atoms with van der Waals surface area (Å²) in [4.78, 5) is 2.65. The van der Waals surface area contributed by atoms with Gasteiger partial charge in [-0.05, 0) is 87.6 Å². The Bertz CT molecular complexity index is 830. The average Bonchev–Trinajstić information content (AvgIpc) is 3.07. The van der Waals surface area contributed by atoms with E-state index in [0.717, 1.165) is 41.8 Å². The number of rotatable bonds is 7. The number of anilines is 1. The van der Waals surface area contributed by atoms with Crippen LogP contribution in [0.2, 0.25) is 0 Å². The van der Waals surface area contributed by atoms with Gasteiger partial charge in [-0.15, -0.1) is 10.2 Å². The van der Waals surface area contributed by atoms with Gasteiger partial charge in [-0.1, -0.05) is 0 Å². The van der Waals surface area contributed by atoms with E-state index in [9.17, 15) is 0 Å². The fourth-order valence-corrected chi connectivity index (χ4v) is 5.45. The number of nitrogens with one attached hydrogen (secondary N) is 1. The van der Waals surface area contributed by atoms with Crippen molar-refractivity contribution in [3.05, 3.63) is 23.9 Å². The first-order valence-corrected chi connectivity index (χ1v) is 11.5. The molecule has 0 amide bonds. The van der Waals surface area contributed by atoms with Crippen LogP contribution in [0.5, 0.6) is 0 Å². The third-order valence-corrected chi connectivity index (χ3v) is 7.56. The molecule has 1 saturated carbocycles. The van der Waals surface area contributed by atoms with Crippen molar-refractivity contribution in [1.29, 1.82) is 0 Å². The van der Waals surface area contributed by atoms with Crippen molar-refractivity contribution in [1.82, 2.24) is 24.9 Å². The maximum absolute atomic E-state index is 5.78. The maximum Gasteiger partial charge on any atom is 0.148 e. The van der Waals surface area contributed by atoms with Crippen LogP contribution in [0.25, 0.3) is 11.4 Å². The Labute approximate surface area is 179 Å². The van der Waals surface area contributed by atoms with Gasteiger partial charge in [0.1, 0.15) is 11.5 Å². The van der Waals surface area contributed by atoms with Gasteiger partial charge >= 0.3 is 0 Å². The van der Waals surface area contributed by atoms with E-state index >= 15 is 0 Å². The van der Waals surface area contributed by atoms with Gasteiger partial charge in [-0.2, -0.15) is 5.10 Å². The summed E-state index contributed by atoms with van der Waals surface area (Å²) >= 11 is 0. The molecular weight excluding hydrogens is 376 g/mol. The summed E-state index contributed by atoms with van der Waals surface area (Å²) in [5, 5.41) is 16.6. The summed E-state index contributed by atoms with van der Waals surface area (Å²) in [6.07, 6.45) is 10.2. The molecule has 2 aromatic heterocycles. The van der Waals surface area contributed by atoms with E-state index in [2.05, 4.69) is 32.4 Å². The van der Waals surface area contributed by atoms with E-state index < -0.39 is 0 Å². The van der Waals surface area contributed by atoms with Crippen LogP contribution < -0.4 is 5.32 Å². The van der Waals surface area contributed by atoms with Gasteiger partial charge in [0, 0.05) is 26.7 Å². The SMILES string of the molecule is Cc1cnn(C)c1-c1ccc(NCC2CC23CCN(CCC2CCCO2)CC3)nn1. The van der Waals surface area contributed by atoms with Crippen LogP contribution in [0.4, 0.5) is 5.82 Å². The number of aromatic nitrogens is 4. The minimum atomic E-state index is 0.521. The number of hydrogen-bond donors (Lipinski definition) is 1. The van der Waals surface area contributed by atoms with E-state index in [0.29, 0.717) is 11.5 Å². The average molecular weight is 411 g/mol. The molecule has 1 aliphatic carbocycles. The number of hydrogen-bond acceptors (Lipinski definition) is 6. The largest absolute Gasteiger partial charge is 0.378 e. The molecule has 2 unspecified atom stereocenters. The first-order chi connectivity index (χ1) is 14.6. The maximum atomic E-state index is 5.78. The molecule has 4 heterocycles. The molecule has 5 rings (SSSR count). The van der Waals surface area contributed by atoms with E-state index in [4.69, 9.17) is 4.74 Å². The molecule has 0 bridgehead atoms. The lowest BCUT2D eigenvalue weighted by molar-refractivity contribution is 0.0824. The molecule has 7 heteroatoms. The summed E-state index contributed by atoms with van der Waals surface area (Å²) < 4.78 is 7.63. The van der Waals surface area contributed by atoms with Crippen LogP contribution >= 0.6 is 0 Å². The zero-order valence-corrected chi connectivity index (χ0v) is 18.3. The molecule has 2 aromatic rings. The smallest absolute Gasteiger partial charge is 0.148 e. The van der Waals surface area contributed by atoms with Gasteiger partial charge < -0.3 is 15.0 Å². The summed E-state index contributed by atoms with van der Waals surface area (Å²) in [5.74, 6) is 1.65. The summed E-state index contributed by atoms with van der Waals surface area (Å²) in [6, 6.07) is 4.08. The minimum Gasteiger partial charge on any atom is -0.378 e. The van der Waals surface area contributed by atoms with Gasteiger partial charge in [-0.25, -0.2) is 0 Å². The first kappa shape index (κ1) is 19.9. The van der Waals surface area contributed by atoms with Crippen molar-refractivity contribution in [3.63, 3.8) is 0 Å². The predicted molar refractivity (Wildman–Crippen MR) is 117 cm³/mol. The third kappa shape index (κ3) is 4.10. The Kier molecular flexibility index (Phi) is 5.50. The highest BCUT2D eigenvalue weighted by Gasteiger charge is 2.54. The third-order valence-electron chi connectivity index (χ3n) is 7.56. The number of aryl methyl sites for hydroxylation is 2. The van der Waals surface area contributed by atoms with Gasteiger partial charge in [0.05, 0.1) is 18.0 Å². The highest BCUT2D eigenvalue weighted by molar-refractivity contribution is 5.59. The second kappa shape index (κ2) is 8.27. The van der Waals surface area contributed by atoms with Crippen molar-refractivity contribution in [3.8, 4) is 11.4 Å². The topological polar surface area (TPSA) is 68.1 Å². The predicted octanol–water partition coefficient (Wildman–Crippen LogP) is 3.27. The molecule has 1 N–H and O–H groups in total. The van der Waals surface area contributed by atoms with E-state index in [1.807, 2.05) is 30.1 Å². The number of nitrogens with zero attached hydrogens (tertiary/aromatic N) is 5. The fourth-order valence-electron chi connectivity index (χ4n) is 5.45. The van der Waals surface area contributed by atoms with Gasteiger partial charge in [-0.3, -0.25) is 4.68 Å². The van der Waals surface area contributed by atoms with Crippen LogP contribution in [-0.4, -0.2) is 63.8 Å². The van der Waals surface area contributed by atoms with Crippen LogP contribution in [0.1, 0.15) is 44.1 Å². The Morgan fingerprint density at radius 1 is 1.23 bits per heavy atom. The van der Waals surface area contributed by atoms with E-state index in [1.54, 1.807) is 0 Å². The Morgan fingerprint density at radius 3 is 2.77 bits per heavy atom. The Balaban J connectivity index is 1.07. The zero-order chi connectivity index (χ0) is 20.6. The van der Waals surface area contributed by atoms with Crippen LogP contribution in [0, 0.1) is 18.3 Å². The van der Waals surface area contributed by atoms with Crippen molar-refractivity contribution >= 4 is 5.82 Å². The minimum absolute atomic E-state index is 0.521. The fraction of sp³-hybridized carbons (Fsp3) is 0.696. The molecule has 0 aromatic carbocycles. The number of ether oxygens (including phenoxy) is 1. The number of piperidine rings is 1. The molecule has 2 aliphatic heterocycles. The molecule has 7 nitrogen and oxygen atoms in total. The quantitative estimate of drug-likeness (QED) is 0.756. The standard InChI is InChI=1S/C23H34N6O/c1-17-15-25-28(2)22(17)20-5-6-21(27-26-20)24-16-18-14-23(18)8-11-29(12-9-23)10-7-19-4-3-13-30-19/h5-6,15,18-19H,3-4,7-14,16H2,1-2H3,(H,24,27). The molecule has 1 spiro atoms. The first-order valence-electron chi connectivity index (χ1n) is 11.5. The molecule has 162 valence electrons. The lowest BCUT2D eigenvalue weighted by Gasteiger charge is -2.33. The van der Waals surface area contributed by atoms with Crippen molar-refractivity contribution < 1.29 is 4.74 Å². The summed E-state index contributed by atoms with van der Waals surface area (Å²) in [7, 11) is 1.94.